The van der Waals surface area contributed by atoms with Crippen LogP contribution in [-0.4, -0.2) is 89.1 Å². The lowest BCUT2D eigenvalue weighted by atomic mass is 9.97. The molecular formula is C38H45F3N4O8. The number of benzene rings is 2. The van der Waals surface area contributed by atoms with Gasteiger partial charge in [0, 0.05) is 25.5 Å². The standard InChI is InChI=1S/C38H45F3N4O8/c1-36(2,3)53-35(47)45-30(19-24-8-12-26(13-9-24)27-7-6-17-42-20-27)31(52-37(45,4)5)22-44(21-25-10-14-28(15-11-25)51-38(39,40)41)43-34(46)50-32-23-49-33-29(32)16-18-48-33/h6-15,17,20,29-33H,16,18-19,21-23H2,1-5H3,(H,43,46)/t29-,30-,31-,32-,33+/m0/s1. The smallest absolute Gasteiger partial charge is 0.444 e. The molecule has 53 heavy (non-hydrogen) atoms. The zero-order valence-corrected chi connectivity index (χ0v) is 30.3. The number of carbonyl (C=O) groups is 2. The van der Waals surface area contributed by atoms with Crippen molar-refractivity contribution in [3.8, 4) is 16.9 Å². The monoisotopic (exact) mass is 742 g/mol. The molecule has 3 aliphatic heterocycles. The quantitative estimate of drug-likeness (QED) is 0.221. The number of halogens is 3. The molecule has 1 N–H and O–H groups in total. The van der Waals surface area contributed by atoms with Crippen molar-refractivity contribution in [2.24, 2.45) is 5.92 Å². The maximum absolute atomic E-state index is 13.8. The molecule has 3 saturated heterocycles. The van der Waals surface area contributed by atoms with Gasteiger partial charge in [-0.05, 0) is 87.9 Å². The van der Waals surface area contributed by atoms with Gasteiger partial charge in [0.1, 0.15) is 23.2 Å². The van der Waals surface area contributed by atoms with Gasteiger partial charge < -0.3 is 28.4 Å². The average molecular weight is 743 g/mol. The molecule has 0 aliphatic carbocycles. The second-order valence-corrected chi connectivity index (χ2v) is 14.8. The number of pyridine rings is 1. The van der Waals surface area contributed by atoms with Crippen molar-refractivity contribution >= 4 is 12.2 Å². The van der Waals surface area contributed by atoms with E-state index in [4.69, 9.17) is 23.7 Å². The van der Waals surface area contributed by atoms with E-state index in [2.05, 4.69) is 15.1 Å². The van der Waals surface area contributed by atoms with Gasteiger partial charge in [-0.3, -0.25) is 15.3 Å². The molecule has 6 rings (SSSR count). The molecule has 1 aromatic heterocycles. The predicted molar refractivity (Wildman–Crippen MR) is 185 cm³/mol. The molecule has 2 amide bonds. The fourth-order valence-corrected chi connectivity index (χ4v) is 6.95. The highest BCUT2D eigenvalue weighted by atomic mass is 19.4. The van der Waals surface area contributed by atoms with Crippen LogP contribution < -0.4 is 10.2 Å². The Labute approximate surface area is 306 Å². The highest BCUT2D eigenvalue weighted by Crippen LogP contribution is 2.37. The van der Waals surface area contributed by atoms with Gasteiger partial charge in [-0.2, -0.15) is 0 Å². The number of amides is 2. The Hall–Kier alpha value is -4.44. The first-order valence-corrected chi connectivity index (χ1v) is 17.5. The molecule has 0 bridgehead atoms. The highest BCUT2D eigenvalue weighted by molar-refractivity contribution is 5.70. The van der Waals surface area contributed by atoms with Gasteiger partial charge in [-0.1, -0.05) is 42.5 Å². The molecule has 286 valence electrons. The Kier molecular flexibility index (Phi) is 11.2. The van der Waals surface area contributed by atoms with E-state index in [0.29, 0.717) is 25.0 Å². The van der Waals surface area contributed by atoms with Gasteiger partial charge >= 0.3 is 18.5 Å². The number of ether oxygens (including phenoxy) is 6. The minimum absolute atomic E-state index is 0.0526. The molecular weight excluding hydrogens is 697 g/mol. The third kappa shape index (κ3) is 9.96. The van der Waals surface area contributed by atoms with Gasteiger partial charge in [-0.25, -0.2) is 14.6 Å². The minimum Gasteiger partial charge on any atom is -0.444 e. The van der Waals surface area contributed by atoms with Crippen LogP contribution in [0.4, 0.5) is 22.8 Å². The van der Waals surface area contributed by atoms with Gasteiger partial charge in [-0.15, -0.1) is 13.2 Å². The minimum atomic E-state index is -4.84. The van der Waals surface area contributed by atoms with Gasteiger partial charge in [0.05, 0.1) is 31.3 Å². The molecule has 3 aliphatic rings. The topological polar surface area (TPSA) is 121 Å². The molecule has 0 spiro atoms. The van der Waals surface area contributed by atoms with E-state index in [1.165, 1.54) is 24.3 Å². The van der Waals surface area contributed by atoms with Gasteiger partial charge in [0.15, 0.2) is 6.29 Å². The predicted octanol–water partition coefficient (Wildman–Crippen LogP) is 6.84. The van der Waals surface area contributed by atoms with Crippen molar-refractivity contribution in [2.75, 3.05) is 19.8 Å². The Morgan fingerprint density at radius 3 is 2.38 bits per heavy atom. The first-order valence-electron chi connectivity index (χ1n) is 17.5. The van der Waals surface area contributed by atoms with E-state index >= 15 is 0 Å². The largest absolute Gasteiger partial charge is 0.573 e. The van der Waals surface area contributed by atoms with E-state index in [0.717, 1.165) is 16.7 Å². The van der Waals surface area contributed by atoms with Crippen LogP contribution in [0.5, 0.6) is 5.75 Å². The fourth-order valence-electron chi connectivity index (χ4n) is 6.95. The van der Waals surface area contributed by atoms with Crippen molar-refractivity contribution < 1.29 is 51.2 Å². The summed E-state index contributed by atoms with van der Waals surface area (Å²) in [5.41, 5.74) is 4.35. The summed E-state index contributed by atoms with van der Waals surface area (Å²) in [7, 11) is 0. The van der Waals surface area contributed by atoms with Crippen molar-refractivity contribution in [3.05, 3.63) is 84.2 Å². The average Bonchev–Trinajstić information content (AvgIpc) is 3.75. The molecule has 12 nitrogen and oxygen atoms in total. The number of alkyl halides is 3. The zero-order chi connectivity index (χ0) is 38.0. The van der Waals surface area contributed by atoms with Crippen LogP contribution in [0.3, 0.4) is 0 Å². The van der Waals surface area contributed by atoms with E-state index in [1.807, 2.05) is 36.4 Å². The number of aromatic nitrogens is 1. The summed E-state index contributed by atoms with van der Waals surface area (Å²) in [6, 6.07) is 16.6. The summed E-state index contributed by atoms with van der Waals surface area (Å²) in [5, 5.41) is 1.57. The van der Waals surface area contributed by atoms with E-state index in [9.17, 15) is 22.8 Å². The maximum atomic E-state index is 13.8. The number of carbonyl (C=O) groups excluding carboxylic acids is 2. The van der Waals surface area contributed by atoms with Crippen LogP contribution >= 0.6 is 0 Å². The number of hydrogen-bond acceptors (Lipinski definition) is 10. The number of nitrogens with one attached hydrogen (secondary N) is 1. The Morgan fingerprint density at radius 1 is 1.00 bits per heavy atom. The lowest BCUT2D eigenvalue weighted by Gasteiger charge is -2.35. The summed E-state index contributed by atoms with van der Waals surface area (Å²) in [6.07, 6.45) is -3.20. The van der Waals surface area contributed by atoms with Crippen LogP contribution in [0, 0.1) is 5.92 Å². The lowest BCUT2D eigenvalue weighted by Crippen LogP contribution is -2.53. The molecule has 5 atom stereocenters. The summed E-state index contributed by atoms with van der Waals surface area (Å²) >= 11 is 0. The lowest BCUT2D eigenvalue weighted by molar-refractivity contribution is -0.274. The summed E-state index contributed by atoms with van der Waals surface area (Å²) < 4.78 is 72.0. The Morgan fingerprint density at radius 2 is 1.72 bits per heavy atom. The van der Waals surface area contributed by atoms with Crippen LogP contribution in [0.15, 0.2) is 73.1 Å². The number of hydrazine groups is 1. The van der Waals surface area contributed by atoms with Crippen molar-refractivity contribution in [1.29, 1.82) is 0 Å². The van der Waals surface area contributed by atoms with Crippen molar-refractivity contribution in [2.45, 2.75) is 96.2 Å². The normalized spacial score (nSPS) is 23.9. The summed E-state index contributed by atoms with van der Waals surface area (Å²) in [5.74, 6) is -0.469. The zero-order valence-electron chi connectivity index (χ0n) is 30.3. The van der Waals surface area contributed by atoms with E-state index < -0.39 is 54.4 Å². The number of nitrogens with zero attached hydrogens (tertiary/aromatic N) is 3. The van der Waals surface area contributed by atoms with Gasteiger partial charge in [0.2, 0.25) is 0 Å². The molecule has 3 aromatic rings. The van der Waals surface area contributed by atoms with E-state index in [-0.39, 0.29) is 31.4 Å². The Bertz CT molecular complexity index is 1700. The fraction of sp³-hybridized carbons (Fsp3) is 0.500. The third-order valence-electron chi connectivity index (χ3n) is 9.19. The molecule has 0 radical (unpaired) electrons. The maximum Gasteiger partial charge on any atom is 0.573 e. The number of hydrogen-bond donors (Lipinski definition) is 1. The van der Waals surface area contributed by atoms with Crippen LogP contribution in [0.25, 0.3) is 11.1 Å². The highest BCUT2D eigenvalue weighted by Gasteiger charge is 2.52. The number of rotatable bonds is 10. The second kappa shape index (κ2) is 15.5. The Balaban J connectivity index is 1.26. The van der Waals surface area contributed by atoms with Crippen molar-refractivity contribution in [1.82, 2.24) is 20.3 Å². The van der Waals surface area contributed by atoms with Crippen molar-refractivity contribution in [3.63, 3.8) is 0 Å². The number of fused-ring (bicyclic) bond motifs is 1. The SMILES string of the molecule is CC(C)(C)OC(=O)N1[C@@H](Cc2ccc(-c3cccnc3)cc2)[C@H](CN(Cc2ccc(OC(F)(F)F)cc2)NC(=O)O[C@H]2CO[C@H]3OCC[C@H]32)OC1(C)C. The molecule has 3 fully saturated rings. The van der Waals surface area contributed by atoms with Crippen LogP contribution in [0.1, 0.15) is 52.2 Å². The van der Waals surface area contributed by atoms with Gasteiger partial charge in [0.25, 0.3) is 0 Å². The van der Waals surface area contributed by atoms with E-state index in [1.54, 1.807) is 56.9 Å². The second-order valence-electron chi connectivity index (χ2n) is 14.8. The molecule has 2 aromatic carbocycles. The first-order chi connectivity index (χ1) is 25.0. The molecule has 15 heteroatoms. The summed E-state index contributed by atoms with van der Waals surface area (Å²) in [4.78, 5) is 33.0. The molecule has 0 saturated carbocycles. The summed E-state index contributed by atoms with van der Waals surface area (Å²) in [6.45, 7) is 9.73. The first kappa shape index (κ1) is 38.3. The van der Waals surface area contributed by atoms with Crippen LogP contribution in [-0.2, 0) is 36.6 Å². The van der Waals surface area contributed by atoms with Crippen LogP contribution in [0.2, 0.25) is 0 Å². The molecule has 0 unspecified atom stereocenters. The molecule has 4 heterocycles. The third-order valence-corrected chi connectivity index (χ3v) is 9.19.